The summed E-state index contributed by atoms with van der Waals surface area (Å²) < 4.78 is 37.6. The molecule has 5 nitrogen and oxygen atoms in total. The predicted molar refractivity (Wildman–Crippen MR) is 56.5 cm³/mol. The van der Waals surface area contributed by atoms with Gasteiger partial charge in [-0.15, -0.1) is 0 Å². The van der Waals surface area contributed by atoms with Gasteiger partial charge >= 0.3 is 6.18 Å². The second kappa shape index (κ2) is 4.97. The Morgan fingerprint density at radius 2 is 2.11 bits per heavy atom. The molecule has 0 aliphatic carbocycles. The number of hydrogen-bond acceptors (Lipinski definition) is 3. The maximum absolute atomic E-state index is 12.2. The third-order valence-electron chi connectivity index (χ3n) is 1.95. The molecule has 0 aliphatic heterocycles. The van der Waals surface area contributed by atoms with Crippen LogP contribution in [0.4, 0.5) is 13.2 Å². The summed E-state index contributed by atoms with van der Waals surface area (Å²) >= 11 is 0. The highest BCUT2D eigenvalue weighted by Crippen LogP contribution is 2.27. The first-order valence-electron chi connectivity index (χ1n) is 5.18. The number of carbonyl (C=O) groups is 1. The van der Waals surface area contributed by atoms with E-state index < -0.39 is 23.4 Å². The average molecular weight is 265 g/mol. The molecule has 1 aromatic rings. The second-order valence-corrected chi connectivity index (χ2v) is 4.49. The molecule has 2 N–H and O–H groups in total. The van der Waals surface area contributed by atoms with Crippen molar-refractivity contribution in [2.24, 2.45) is 0 Å². The van der Waals surface area contributed by atoms with Crippen molar-refractivity contribution in [1.29, 1.82) is 0 Å². The number of halogens is 3. The lowest BCUT2D eigenvalue weighted by Gasteiger charge is -2.17. The SMILES string of the molecule is CC(C)(O)CNC(=O)Cn1ccc(C(F)(F)F)n1. The smallest absolute Gasteiger partial charge is 0.389 e. The van der Waals surface area contributed by atoms with Crippen LogP contribution in [0, 0.1) is 0 Å². The van der Waals surface area contributed by atoms with Gasteiger partial charge in [0.25, 0.3) is 0 Å². The third-order valence-corrected chi connectivity index (χ3v) is 1.95. The number of rotatable bonds is 4. The van der Waals surface area contributed by atoms with E-state index in [0.29, 0.717) is 0 Å². The summed E-state index contributed by atoms with van der Waals surface area (Å²) in [6, 6.07) is 0.795. The Bertz CT molecular complexity index is 421. The Labute approximate surface area is 102 Å². The molecular weight excluding hydrogens is 251 g/mol. The minimum absolute atomic E-state index is 0.0131. The van der Waals surface area contributed by atoms with Crippen molar-refractivity contribution >= 4 is 5.91 Å². The van der Waals surface area contributed by atoms with Crippen molar-refractivity contribution in [3.8, 4) is 0 Å². The van der Waals surface area contributed by atoms with E-state index >= 15 is 0 Å². The van der Waals surface area contributed by atoms with Crippen molar-refractivity contribution in [2.45, 2.75) is 32.2 Å². The topological polar surface area (TPSA) is 67.2 Å². The molecule has 0 fully saturated rings. The van der Waals surface area contributed by atoms with Crippen LogP contribution in [0.3, 0.4) is 0 Å². The first-order chi connectivity index (χ1) is 8.08. The van der Waals surface area contributed by atoms with E-state index in [2.05, 4.69) is 10.4 Å². The molecule has 0 radical (unpaired) electrons. The van der Waals surface area contributed by atoms with Crippen molar-refractivity contribution in [2.75, 3.05) is 6.54 Å². The van der Waals surface area contributed by atoms with Crippen LogP contribution in [0.25, 0.3) is 0 Å². The number of alkyl halides is 3. The van der Waals surface area contributed by atoms with Crippen LogP contribution in [0.1, 0.15) is 19.5 Å². The zero-order chi connectivity index (χ0) is 14.0. The van der Waals surface area contributed by atoms with Crippen LogP contribution >= 0.6 is 0 Å². The minimum atomic E-state index is -4.52. The Balaban J connectivity index is 2.53. The highest BCUT2D eigenvalue weighted by Gasteiger charge is 2.33. The van der Waals surface area contributed by atoms with E-state index in [1.54, 1.807) is 0 Å². The summed E-state index contributed by atoms with van der Waals surface area (Å²) in [5.74, 6) is -0.519. The van der Waals surface area contributed by atoms with E-state index in [-0.39, 0.29) is 13.1 Å². The molecule has 0 saturated heterocycles. The normalized spacial score (nSPS) is 12.6. The molecule has 1 heterocycles. The maximum atomic E-state index is 12.2. The lowest BCUT2D eigenvalue weighted by Crippen LogP contribution is -2.39. The minimum Gasteiger partial charge on any atom is -0.389 e. The van der Waals surface area contributed by atoms with E-state index in [1.165, 1.54) is 13.8 Å². The van der Waals surface area contributed by atoms with Gasteiger partial charge in [-0.25, -0.2) is 0 Å². The number of nitrogens with zero attached hydrogens (tertiary/aromatic N) is 2. The molecule has 0 bridgehead atoms. The van der Waals surface area contributed by atoms with Gasteiger partial charge in [0.2, 0.25) is 5.91 Å². The highest BCUT2D eigenvalue weighted by molar-refractivity contribution is 5.75. The molecule has 102 valence electrons. The van der Waals surface area contributed by atoms with Crippen LogP contribution in [0.5, 0.6) is 0 Å². The molecule has 8 heteroatoms. The van der Waals surface area contributed by atoms with Crippen LogP contribution in [-0.2, 0) is 17.5 Å². The molecule has 0 aromatic carbocycles. The molecule has 1 amide bonds. The molecule has 0 aliphatic rings. The number of amides is 1. The molecule has 0 unspecified atom stereocenters. The van der Waals surface area contributed by atoms with Gasteiger partial charge in [0.15, 0.2) is 5.69 Å². The summed E-state index contributed by atoms with van der Waals surface area (Å²) in [7, 11) is 0. The number of aliphatic hydroxyl groups is 1. The van der Waals surface area contributed by atoms with E-state index in [4.69, 9.17) is 0 Å². The standard InChI is InChI=1S/C10H14F3N3O2/c1-9(2,18)6-14-8(17)5-16-4-3-7(15-16)10(11,12)13/h3-4,18H,5-6H2,1-2H3,(H,14,17). The molecule has 0 saturated carbocycles. The Kier molecular flexibility index (Phi) is 4.00. The third kappa shape index (κ3) is 4.74. The van der Waals surface area contributed by atoms with E-state index in [0.717, 1.165) is 16.9 Å². The fourth-order valence-electron chi connectivity index (χ4n) is 1.12. The van der Waals surface area contributed by atoms with Crippen LogP contribution in [0.2, 0.25) is 0 Å². The lowest BCUT2D eigenvalue weighted by atomic mass is 10.1. The summed E-state index contributed by atoms with van der Waals surface area (Å²) in [5, 5.41) is 15.0. The summed E-state index contributed by atoms with van der Waals surface area (Å²) in [5.41, 5.74) is -2.12. The zero-order valence-electron chi connectivity index (χ0n) is 9.95. The van der Waals surface area contributed by atoms with Crippen molar-refractivity contribution in [3.05, 3.63) is 18.0 Å². The van der Waals surface area contributed by atoms with Gasteiger partial charge in [-0.1, -0.05) is 0 Å². The van der Waals surface area contributed by atoms with Crippen LogP contribution < -0.4 is 5.32 Å². The monoisotopic (exact) mass is 265 g/mol. The molecule has 18 heavy (non-hydrogen) atoms. The van der Waals surface area contributed by atoms with Gasteiger partial charge in [-0.05, 0) is 19.9 Å². The van der Waals surface area contributed by atoms with Crippen LogP contribution in [-0.4, -0.2) is 32.9 Å². The number of hydrogen-bond donors (Lipinski definition) is 2. The predicted octanol–water partition coefficient (Wildman–Crippen LogP) is 0.789. The fourth-order valence-corrected chi connectivity index (χ4v) is 1.12. The quantitative estimate of drug-likeness (QED) is 0.845. The molecule has 1 aromatic heterocycles. The molecule has 0 atom stereocenters. The fraction of sp³-hybridized carbons (Fsp3) is 0.600. The summed E-state index contributed by atoms with van der Waals surface area (Å²) in [6.07, 6.45) is -3.44. The number of aromatic nitrogens is 2. The van der Waals surface area contributed by atoms with E-state index in [9.17, 15) is 23.1 Å². The van der Waals surface area contributed by atoms with Gasteiger partial charge in [0.05, 0.1) is 5.60 Å². The zero-order valence-corrected chi connectivity index (χ0v) is 9.95. The van der Waals surface area contributed by atoms with Crippen molar-refractivity contribution < 1.29 is 23.1 Å². The Hall–Kier alpha value is -1.57. The van der Waals surface area contributed by atoms with E-state index in [1.807, 2.05) is 0 Å². The number of carbonyl (C=O) groups excluding carboxylic acids is 1. The molecule has 0 spiro atoms. The number of nitrogens with one attached hydrogen (secondary N) is 1. The second-order valence-electron chi connectivity index (χ2n) is 4.49. The first kappa shape index (κ1) is 14.5. The molecule has 1 rings (SSSR count). The maximum Gasteiger partial charge on any atom is 0.435 e. The Morgan fingerprint density at radius 1 is 1.50 bits per heavy atom. The average Bonchev–Trinajstić information content (AvgIpc) is 2.61. The van der Waals surface area contributed by atoms with Gasteiger partial charge in [0, 0.05) is 12.7 Å². The summed E-state index contributed by atoms with van der Waals surface area (Å²) in [6.45, 7) is 2.69. The Morgan fingerprint density at radius 3 is 2.56 bits per heavy atom. The largest absolute Gasteiger partial charge is 0.435 e. The van der Waals surface area contributed by atoms with Crippen LogP contribution in [0.15, 0.2) is 12.3 Å². The van der Waals surface area contributed by atoms with Gasteiger partial charge < -0.3 is 10.4 Å². The van der Waals surface area contributed by atoms with Crippen molar-refractivity contribution in [1.82, 2.24) is 15.1 Å². The van der Waals surface area contributed by atoms with Gasteiger partial charge in [-0.2, -0.15) is 18.3 Å². The lowest BCUT2D eigenvalue weighted by molar-refractivity contribution is -0.141. The van der Waals surface area contributed by atoms with Crippen molar-refractivity contribution in [3.63, 3.8) is 0 Å². The van der Waals surface area contributed by atoms with Gasteiger partial charge in [0.1, 0.15) is 6.54 Å². The molecular formula is C10H14F3N3O2. The highest BCUT2D eigenvalue weighted by atomic mass is 19.4. The summed E-state index contributed by atoms with van der Waals surface area (Å²) in [4.78, 5) is 11.4. The van der Waals surface area contributed by atoms with Gasteiger partial charge in [-0.3, -0.25) is 9.48 Å². The first-order valence-corrected chi connectivity index (χ1v) is 5.18.